The number of carbonyl (C=O) groups is 10. The largest absolute Gasteiger partial charge is 0.481 e. The molecule has 478 valence electrons. The summed E-state index contributed by atoms with van der Waals surface area (Å²) in [6.45, 7) is 0. The summed E-state index contributed by atoms with van der Waals surface area (Å²) in [4.78, 5) is 116. The highest BCUT2D eigenvalue weighted by Gasteiger charge is 2.74. The second-order valence-corrected chi connectivity index (χ2v) is 32.0. The number of hydrogen-bond acceptors (Lipinski definition) is 21. The maximum atomic E-state index is 12.0. The Morgan fingerprint density at radius 2 is 0.607 bits per heavy atom. The number of thioether (sulfide) groups is 4. The summed E-state index contributed by atoms with van der Waals surface area (Å²) in [6, 6.07) is 0. The third-order valence-electron chi connectivity index (χ3n) is 23.6. The highest BCUT2D eigenvalue weighted by Crippen LogP contribution is 2.71. The van der Waals surface area contributed by atoms with E-state index in [-0.39, 0.29) is 105 Å². The Hall–Kier alpha value is -5.32. The second kappa shape index (κ2) is 22.8. The van der Waals surface area contributed by atoms with E-state index in [4.69, 9.17) is 43.4 Å². The maximum Gasteiger partial charge on any atom is 0.312 e. The molecule has 18 aliphatic rings. The van der Waals surface area contributed by atoms with Crippen molar-refractivity contribution in [2.45, 2.75) is 91.5 Å². The van der Waals surface area contributed by atoms with Gasteiger partial charge >= 0.3 is 59.7 Å². The zero-order chi connectivity index (χ0) is 62.8. The average molecular weight is 1310 g/mol. The first kappa shape index (κ1) is 61.2. The minimum absolute atomic E-state index is 0.0492. The molecule has 27 heteroatoms. The predicted octanol–water partition coefficient (Wildman–Crippen LogP) is 3.64. The van der Waals surface area contributed by atoms with Crippen LogP contribution in [0, 0.1) is 130 Å². The topological polar surface area (TPSA) is 357 Å². The predicted molar refractivity (Wildman–Crippen MR) is 312 cm³/mol. The molecule has 0 radical (unpaired) electrons. The van der Waals surface area contributed by atoms with E-state index in [0.29, 0.717) is 50.6 Å². The lowest BCUT2D eigenvalue weighted by atomic mass is 9.65. The van der Waals surface area contributed by atoms with Crippen LogP contribution < -0.4 is 0 Å². The number of methoxy groups -OCH3 is 4. The summed E-state index contributed by atoms with van der Waals surface area (Å²) in [5, 5.41) is 57.4. The number of aliphatic carboxylic acids is 6. The van der Waals surface area contributed by atoms with Gasteiger partial charge in [-0.2, -0.15) is 11.8 Å². The van der Waals surface area contributed by atoms with Crippen LogP contribution in [0.2, 0.25) is 0 Å². The van der Waals surface area contributed by atoms with Crippen LogP contribution in [0.15, 0.2) is 60.8 Å². The molecule has 9 saturated heterocycles. The monoisotopic (exact) mass is 1310 g/mol. The van der Waals surface area contributed by atoms with E-state index in [1.54, 1.807) is 23.9 Å². The van der Waals surface area contributed by atoms with Crippen LogP contribution >= 0.6 is 47.0 Å². The van der Waals surface area contributed by atoms with Crippen LogP contribution in [0.3, 0.4) is 0 Å². The number of rotatable bonds is 10. The van der Waals surface area contributed by atoms with Crippen molar-refractivity contribution in [2.24, 2.45) is 130 Å². The van der Waals surface area contributed by atoms with Gasteiger partial charge < -0.3 is 63.8 Å². The molecule has 4 saturated carbocycles. The Balaban J connectivity index is 0.0000000980. The van der Waals surface area contributed by atoms with Crippen LogP contribution in [0.5, 0.6) is 0 Å². The third kappa shape index (κ3) is 9.06. The van der Waals surface area contributed by atoms with Crippen LogP contribution in [0.1, 0.15) is 12.8 Å². The highest BCUT2D eigenvalue weighted by atomic mass is 32.2. The van der Waals surface area contributed by atoms with Crippen LogP contribution in [0.25, 0.3) is 0 Å². The lowest BCUT2D eigenvalue weighted by molar-refractivity contribution is -0.160. The van der Waals surface area contributed by atoms with Crippen molar-refractivity contribution in [1.82, 2.24) is 0 Å². The van der Waals surface area contributed by atoms with Crippen LogP contribution in [-0.4, -0.2) is 197 Å². The molecule has 36 unspecified atom stereocenters. The van der Waals surface area contributed by atoms with Crippen molar-refractivity contribution in [3.05, 3.63) is 60.8 Å². The maximum absolute atomic E-state index is 12.0. The number of hydrogen-bond donors (Lipinski definition) is 6. The van der Waals surface area contributed by atoms with E-state index in [0.717, 1.165) is 12.8 Å². The molecule has 18 bridgehead atoms. The van der Waals surface area contributed by atoms with Crippen molar-refractivity contribution in [2.75, 3.05) is 28.4 Å². The Kier molecular flexibility index (Phi) is 15.7. The van der Waals surface area contributed by atoms with Crippen molar-refractivity contribution in [3.63, 3.8) is 0 Å². The summed E-state index contributed by atoms with van der Waals surface area (Å²) in [7, 11) is 5.33. The Morgan fingerprint density at radius 1 is 0.303 bits per heavy atom. The lowest BCUT2D eigenvalue weighted by Crippen LogP contribution is -2.49. The molecule has 18 rings (SSSR count). The van der Waals surface area contributed by atoms with Gasteiger partial charge in [0.05, 0.1) is 124 Å². The molecule has 23 nitrogen and oxygen atoms in total. The number of fused-ring (bicyclic) bond motifs is 38. The number of carbonyl (C=O) groups excluding carboxylic acids is 4. The van der Waals surface area contributed by atoms with Gasteiger partial charge in [0.25, 0.3) is 0 Å². The third-order valence-corrected chi connectivity index (χ3v) is 30.1. The Morgan fingerprint density at radius 3 is 1.01 bits per heavy atom. The molecule has 4 aliphatic carbocycles. The molecule has 14 aliphatic heterocycles. The van der Waals surface area contributed by atoms with Gasteiger partial charge in [-0.15, -0.1) is 35.3 Å². The average Bonchev–Trinajstić information content (AvgIpc) is 1.59. The van der Waals surface area contributed by atoms with Gasteiger partial charge in [-0.25, -0.2) is 0 Å². The van der Waals surface area contributed by atoms with Crippen LogP contribution in [-0.2, 0) is 81.1 Å². The lowest BCUT2D eigenvalue weighted by Gasteiger charge is -2.38. The zero-order valence-electron chi connectivity index (χ0n) is 48.2. The van der Waals surface area contributed by atoms with Crippen molar-refractivity contribution < 1.29 is 112 Å². The SMILES string of the molecule is COC(=O)C1C2CC(C1C(=O)O)C1C3C=CC(O3)C21.COC(=O)C1C2CC(C1C(=O)O)C1C3C=CC(S3)C21.COC(=O)C1C2OC(C1C(=O)O)C1C3C=CC(O3)C21.COC(=O)C1C2SC(C1C(=O)O)C1C3C=CC(S3)C21.O=C(O)C1C2C=CC(S2)C1C(=O)O. The summed E-state index contributed by atoms with van der Waals surface area (Å²) in [5.74, 6) is -10.1. The summed E-state index contributed by atoms with van der Waals surface area (Å²) >= 11 is 7.04. The van der Waals surface area contributed by atoms with Gasteiger partial charge in [0.1, 0.15) is 0 Å². The van der Waals surface area contributed by atoms with E-state index in [9.17, 15) is 68.4 Å². The fraction of sp³-hybridized carbons (Fsp3) is 0.677. The van der Waals surface area contributed by atoms with Gasteiger partial charge in [0.2, 0.25) is 0 Å². The van der Waals surface area contributed by atoms with E-state index in [1.165, 1.54) is 40.2 Å². The normalized spacial score (nSPS) is 50.8. The molecule has 89 heavy (non-hydrogen) atoms. The molecule has 0 aromatic heterocycles. The quantitative estimate of drug-likeness (QED) is 0.103. The molecule has 6 N–H and O–H groups in total. The first-order valence-corrected chi connectivity index (χ1v) is 34.1. The minimum Gasteiger partial charge on any atom is -0.481 e. The Labute approximate surface area is 526 Å². The molecule has 0 aromatic rings. The Bertz CT molecular complexity index is 2820. The van der Waals surface area contributed by atoms with Crippen molar-refractivity contribution >= 4 is 107 Å². The van der Waals surface area contributed by atoms with E-state index in [1.807, 2.05) is 35.7 Å². The van der Waals surface area contributed by atoms with E-state index < -0.39 is 113 Å². The molecular weight excluding hydrogens is 1240 g/mol. The van der Waals surface area contributed by atoms with Gasteiger partial charge in [0, 0.05) is 53.8 Å². The molecule has 14 heterocycles. The summed E-state index contributed by atoms with van der Waals surface area (Å²) in [6.07, 6.45) is 21.5. The first-order valence-electron chi connectivity index (χ1n) is 30.3. The summed E-state index contributed by atoms with van der Waals surface area (Å²) < 4.78 is 36.8. The molecule has 0 spiro atoms. The fourth-order valence-electron chi connectivity index (χ4n) is 20.8. The molecule has 13 fully saturated rings. The summed E-state index contributed by atoms with van der Waals surface area (Å²) in [5.41, 5.74) is 0. The smallest absolute Gasteiger partial charge is 0.312 e. The number of esters is 4. The van der Waals surface area contributed by atoms with Gasteiger partial charge in [0.15, 0.2) is 0 Å². The number of ether oxygens (including phenoxy) is 7. The molecule has 36 atom stereocenters. The fourth-order valence-corrected chi connectivity index (χ4v) is 28.6. The molecular formula is C62H68O23S4. The molecule has 0 aromatic carbocycles. The molecule has 0 amide bonds. The first-order chi connectivity index (χ1) is 42.6. The van der Waals surface area contributed by atoms with Crippen LogP contribution in [0.4, 0.5) is 0 Å². The van der Waals surface area contributed by atoms with Crippen molar-refractivity contribution in [3.8, 4) is 0 Å². The number of carboxylic acids is 6. The second-order valence-electron chi connectivity index (χ2n) is 26.5. The van der Waals surface area contributed by atoms with E-state index >= 15 is 0 Å². The highest BCUT2D eigenvalue weighted by molar-refractivity contribution is 8.03. The van der Waals surface area contributed by atoms with Gasteiger partial charge in [-0.1, -0.05) is 60.8 Å². The van der Waals surface area contributed by atoms with Gasteiger partial charge in [-0.3, -0.25) is 47.9 Å². The number of carboxylic acid groups (broad SMARTS) is 6. The van der Waals surface area contributed by atoms with Crippen molar-refractivity contribution in [1.29, 1.82) is 0 Å². The minimum atomic E-state index is -1.00. The standard InChI is InChI=1S/C14H16O5.C14H16O4S.C13H14O6.C13H14O4S2.C8H8O4S/c2*1-18-14(17)12-6-4-5(11(12)13(15)16)9-7-2-3-8(19-7)10(6)9;2*1-17-13(16)9-8(12(14)15)10-6-4-2-3-5(18-4)7(6)11(9)19-10;9-7(10)5-3-1-2-4(13-3)6(5)8(11)12/h2*2-3,5-12H,4H2,1H3,(H,15,16);2*2-11H,1H3,(H,14,15);1-6H,(H,9,10)(H,11,12). The zero-order valence-corrected chi connectivity index (χ0v) is 51.5. The van der Waals surface area contributed by atoms with Gasteiger partial charge in [-0.05, 0) is 72.0 Å². The van der Waals surface area contributed by atoms with E-state index in [2.05, 4.69) is 36.5 Å².